The van der Waals surface area contributed by atoms with Crippen LogP contribution in [0.4, 0.5) is 0 Å². The number of carbonyl (C=O) groups excluding carboxylic acids is 1. The van der Waals surface area contributed by atoms with Crippen molar-refractivity contribution >= 4 is 44.8 Å². The molecule has 1 aromatic heterocycles. The molecule has 0 spiro atoms. The fourth-order valence-electron chi connectivity index (χ4n) is 0.967. The van der Waals surface area contributed by atoms with Crippen LogP contribution >= 0.6 is 38.9 Å². The number of nitrogens with one attached hydrogen (secondary N) is 1. The van der Waals surface area contributed by atoms with E-state index in [0.29, 0.717) is 22.4 Å². The molecule has 0 saturated carbocycles. The molecule has 84 valence electrons. The Morgan fingerprint density at radius 2 is 2.47 bits per heavy atom. The van der Waals surface area contributed by atoms with Gasteiger partial charge in [-0.15, -0.1) is 11.3 Å². The van der Waals surface area contributed by atoms with Crippen molar-refractivity contribution in [3.63, 3.8) is 0 Å². The molecular weight excluding hydrogens is 302 g/mol. The number of methoxy groups -OCH3 is 1. The van der Waals surface area contributed by atoms with Gasteiger partial charge in [0.2, 0.25) is 0 Å². The van der Waals surface area contributed by atoms with E-state index in [1.807, 2.05) is 0 Å². The molecule has 0 aliphatic carbocycles. The van der Waals surface area contributed by atoms with Crippen LogP contribution in [-0.4, -0.2) is 31.0 Å². The number of hydrogen-bond acceptors (Lipinski definition) is 3. The lowest BCUT2D eigenvalue weighted by Gasteiger charge is -2.08. The van der Waals surface area contributed by atoms with Crippen molar-refractivity contribution in [2.45, 2.75) is 4.83 Å². The van der Waals surface area contributed by atoms with Gasteiger partial charge in [-0.3, -0.25) is 4.79 Å². The first-order chi connectivity index (χ1) is 7.13. The molecule has 1 amide bonds. The summed E-state index contributed by atoms with van der Waals surface area (Å²) < 4.78 is 5.55. The second-order valence-corrected chi connectivity index (χ2v) is 5.88. The minimum Gasteiger partial charge on any atom is -0.383 e. The summed E-state index contributed by atoms with van der Waals surface area (Å²) in [7, 11) is 1.62. The summed E-state index contributed by atoms with van der Waals surface area (Å²) in [4.78, 5) is 12.3. The van der Waals surface area contributed by atoms with E-state index in [0.717, 1.165) is 0 Å². The summed E-state index contributed by atoms with van der Waals surface area (Å²) in [5.41, 5.74) is 0. The van der Waals surface area contributed by atoms with Crippen LogP contribution in [0.2, 0.25) is 4.34 Å². The van der Waals surface area contributed by atoms with E-state index < -0.39 is 0 Å². The third kappa shape index (κ3) is 4.51. The van der Waals surface area contributed by atoms with Gasteiger partial charge in [0.1, 0.15) is 0 Å². The summed E-state index contributed by atoms with van der Waals surface area (Å²) in [6.07, 6.45) is 0. The number of halogens is 2. The minimum absolute atomic E-state index is 0.104. The molecule has 0 aliphatic heterocycles. The Balaban J connectivity index is 2.36. The number of carbonyl (C=O) groups is 1. The zero-order valence-corrected chi connectivity index (χ0v) is 11.3. The van der Waals surface area contributed by atoms with Crippen molar-refractivity contribution < 1.29 is 9.53 Å². The Labute approximate surface area is 106 Å². The lowest BCUT2D eigenvalue weighted by molar-refractivity contribution is 0.0954. The highest BCUT2D eigenvalue weighted by molar-refractivity contribution is 9.09. The van der Waals surface area contributed by atoms with Crippen molar-refractivity contribution in [3.05, 3.63) is 21.3 Å². The molecule has 0 bridgehead atoms. The molecule has 0 radical (unpaired) electrons. The normalized spacial score (nSPS) is 12.5. The van der Waals surface area contributed by atoms with Gasteiger partial charge in [0.25, 0.3) is 5.91 Å². The SMILES string of the molecule is COCC(Br)CNC(=O)c1ccc(Cl)s1. The van der Waals surface area contributed by atoms with Gasteiger partial charge in [-0.2, -0.15) is 0 Å². The maximum atomic E-state index is 11.5. The molecule has 15 heavy (non-hydrogen) atoms. The van der Waals surface area contributed by atoms with Crippen molar-refractivity contribution in [2.24, 2.45) is 0 Å². The molecule has 1 heterocycles. The molecule has 0 aliphatic rings. The van der Waals surface area contributed by atoms with Gasteiger partial charge in [-0.05, 0) is 12.1 Å². The fourth-order valence-corrected chi connectivity index (χ4v) is 2.35. The number of rotatable bonds is 5. The first-order valence-corrected chi connectivity index (χ1v) is 6.41. The van der Waals surface area contributed by atoms with Gasteiger partial charge >= 0.3 is 0 Å². The van der Waals surface area contributed by atoms with Crippen LogP contribution in [0.1, 0.15) is 9.67 Å². The van der Waals surface area contributed by atoms with Crippen molar-refractivity contribution in [1.29, 1.82) is 0 Å². The van der Waals surface area contributed by atoms with E-state index in [-0.39, 0.29) is 10.7 Å². The van der Waals surface area contributed by atoms with Crippen LogP contribution < -0.4 is 5.32 Å². The molecule has 1 rings (SSSR count). The zero-order valence-electron chi connectivity index (χ0n) is 8.13. The topological polar surface area (TPSA) is 38.3 Å². The zero-order chi connectivity index (χ0) is 11.3. The Morgan fingerprint density at radius 3 is 3.00 bits per heavy atom. The predicted octanol–water partition coefficient (Wildman–Crippen LogP) is 2.54. The molecule has 1 unspecified atom stereocenters. The summed E-state index contributed by atoms with van der Waals surface area (Å²) in [6, 6.07) is 3.42. The van der Waals surface area contributed by atoms with Crippen LogP contribution in [0.3, 0.4) is 0 Å². The summed E-state index contributed by atoms with van der Waals surface area (Å²) >= 11 is 10.4. The Bertz CT molecular complexity index is 332. The molecule has 0 fully saturated rings. The fraction of sp³-hybridized carbons (Fsp3) is 0.444. The molecule has 0 aromatic carbocycles. The van der Waals surface area contributed by atoms with Gasteiger partial charge in [0.05, 0.1) is 20.6 Å². The summed E-state index contributed by atoms with van der Waals surface area (Å²) in [6.45, 7) is 1.09. The van der Waals surface area contributed by atoms with E-state index in [4.69, 9.17) is 16.3 Å². The molecule has 1 aromatic rings. The second kappa shape index (κ2) is 6.48. The Kier molecular flexibility index (Phi) is 5.60. The average molecular weight is 313 g/mol. The van der Waals surface area contributed by atoms with Crippen LogP contribution in [0.15, 0.2) is 12.1 Å². The quantitative estimate of drug-likeness (QED) is 0.849. The minimum atomic E-state index is -0.104. The van der Waals surface area contributed by atoms with Gasteiger partial charge in [0.15, 0.2) is 0 Å². The molecular formula is C9H11BrClNO2S. The van der Waals surface area contributed by atoms with Gasteiger partial charge in [-0.25, -0.2) is 0 Å². The number of ether oxygens (including phenoxy) is 1. The lowest BCUT2D eigenvalue weighted by Crippen LogP contribution is -2.30. The lowest BCUT2D eigenvalue weighted by atomic mass is 10.4. The third-order valence-corrected chi connectivity index (χ3v) is 3.45. The average Bonchev–Trinajstić information content (AvgIpc) is 2.62. The first kappa shape index (κ1) is 13.0. The Hall–Kier alpha value is -0.100. The van der Waals surface area contributed by atoms with Gasteiger partial charge in [0, 0.05) is 13.7 Å². The first-order valence-electron chi connectivity index (χ1n) is 4.30. The van der Waals surface area contributed by atoms with Crippen LogP contribution in [0.25, 0.3) is 0 Å². The highest BCUT2D eigenvalue weighted by Crippen LogP contribution is 2.21. The van der Waals surface area contributed by atoms with Gasteiger partial charge < -0.3 is 10.1 Å². The van der Waals surface area contributed by atoms with E-state index >= 15 is 0 Å². The maximum Gasteiger partial charge on any atom is 0.261 e. The van der Waals surface area contributed by atoms with E-state index in [9.17, 15) is 4.79 Å². The van der Waals surface area contributed by atoms with E-state index in [2.05, 4.69) is 21.2 Å². The maximum absolute atomic E-state index is 11.5. The molecule has 3 nitrogen and oxygen atoms in total. The van der Waals surface area contributed by atoms with Crippen LogP contribution in [0.5, 0.6) is 0 Å². The number of amides is 1. The second-order valence-electron chi connectivity index (χ2n) is 2.87. The third-order valence-electron chi connectivity index (χ3n) is 1.63. The predicted molar refractivity (Wildman–Crippen MR) is 66.3 cm³/mol. The number of hydrogen-bond donors (Lipinski definition) is 1. The molecule has 0 saturated heterocycles. The summed E-state index contributed by atoms with van der Waals surface area (Å²) in [5.74, 6) is -0.104. The largest absolute Gasteiger partial charge is 0.383 e. The monoisotopic (exact) mass is 311 g/mol. The summed E-state index contributed by atoms with van der Waals surface area (Å²) in [5, 5.41) is 2.78. The molecule has 6 heteroatoms. The molecule has 1 N–H and O–H groups in total. The highest BCUT2D eigenvalue weighted by atomic mass is 79.9. The van der Waals surface area contributed by atoms with Crippen molar-refractivity contribution in [2.75, 3.05) is 20.3 Å². The Morgan fingerprint density at radius 1 is 1.73 bits per heavy atom. The standard InChI is InChI=1S/C9H11BrClNO2S/c1-14-5-6(10)4-12-9(13)7-2-3-8(11)15-7/h2-3,6H,4-5H2,1H3,(H,12,13). The molecule has 1 atom stereocenters. The van der Waals surface area contributed by atoms with Crippen molar-refractivity contribution in [1.82, 2.24) is 5.32 Å². The number of alkyl halides is 1. The van der Waals surface area contributed by atoms with Gasteiger partial charge in [-0.1, -0.05) is 27.5 Å². The van der Waals surface area contributed by atoms with Crippen LogP contribution in [-0.2, 0) is 4.74 Å². The van der Waals surface area contributed by atoms with Crippen LogP contribution in [0, 0.1) is 0 Å². The van der Waals surface area contributed by atoms with E-state index in [1.54, 1.807) is 19.2 Å². The van der Waals surface area contributed by atoms with E-state index in [1.165, 1.54) is 11.3 Å². The smallest absolute Gasteiger partial charge is 0.261 e. The number of thiophene rings is 1. The highest BCUT2D eigenvalue weighted by Gasteiger charge is 2.10. The van der Waals surface area contributed by atoms with Crippen molar-refractivity contribution in [3.8, 4) is 0 Å².